The highest BCUT2D eigenvalue weighted by atomic mass is 19.1. The minimum atomic E-state index is -0.851. The van der Waals surface area contributed by atoms with Crippen LogP contribution in [0, 0.1) is 17.6 Å². The summed E-state index contributed by atoms with van der Waals surface area (Å²) in [6.45, 7) is 10.5. The summed E-state index contributed by atoms with van der Waals surface area (Å²) in [5.74, 6) is -2.99. The molecule has 2 saturated heterocycles. The summed E-state index contributed by atoms with van der Waals surface area (Å²) in [6.07, 6.45) is 3.72. The van der Waals surface area contributed by atoms with Gasteiger partial charge in [-0.3, -0.25) is 19.4 Å². The van der Waals surface area contributed by atoms with Crippen molar-refractivity contribution in [3.8, 4) is 0 Å². The summed E-state index contributed by atoms with van der Waals surface area (Å²) < 4.78 is 28.6. The van der Waals surface area contributed by atoms with Crippen molar-refractivity contribution in [3.05, 3.63) is 70.3 Å². The number of benzene rings is 2. The van der Waals surface area contributed by atoms with Crippen molar-refractivity contribution in [2.75, 3.05) is 32.7 Å². The maximum absolute atomic E-state index is 14.9. The fraction of sp³-hybridized carbons (Fsp3) is 0.562. The summed E-state index contributed by atoms with van der Waals surface area (Å²) in [5.41, 5.74) is 3.90. The SMILES string of the molecule is C[C@H]1CN([C@@H](Cc2ccc3c(c2)CCC3)C(=O)O)CCN1C(=O)[C@@H]1CN(C(C)(C)C)C[C@H]1c1ccc(F)cc1F. The molecule has 2 aromatic rings. The van der Waals surface area contributed by atoms with E-state index in [0.717, 1.165) is 30.9 Å². The van der Waals surface area contributed by atoms with Crippen LogP contribution in [-0.2, 0) is 28.9 Å². The zero-order valence-corrected chi connectivity index (χ0v) is 24.0. The van der Waals surface area contributed by atoms with Gasteiger partial charge in [-0.05, 0) is 81.7 Å². The van der Waals surface area contributed by atoms with Gasteiger partial charge in [0.15, 0.2) is 0 Å². The molecule has 8 heteroatoms. The van der Waals surface area contributed by atoms with Crippen molar-refractivity contribution >= 4 is 11.9 Å². The number of carboxylic acid groups (broad SMARTS) is 1. The van der Waals surface area contributed by atoms with Crippen molar-refractivity contribution in [3.63, 3.8) is 0 Å². The van der Waals surface area contributed by atoms with Gasteiger partial charge in [-0.1, -0.05) is 24.3 Å². The summed E-state index contributed by atoms with van der Waals surface area (Å²) in [7, 11) is 0. The Morgan fingerprint density at radius 2 is 1.75 bits per heavy atom. The number of rotatable bonds is 6. The van der Waals surface area contributed by atoms with Crippen LogP contribution in [-0.4, -0.2) is 82.0 Å². The number of piperazine rings is 1. The van der Waals surface area contributed by atoms with E-state index in [0.29, 0.717) is 44.7 Å². The molecule has 0 bridgehead atoms. The molecule has 0 radical (unpaired) electrons. The number of fused-ring (bicyclic) bond motifs is 1. The van der Waals surface area contributed by atoms with Crippen LogP contribution in [0.25, 0.3) is 0 Å². The first-order valence-electron chi connectivity index (χ1n) is 14.5. The van der Waals surface area contributed by atoms with Crippen LogP contribution in [0.15, 0.2) is 36.4 Å². The molecule has 1 N–H and O–H groups in total. The van der Waals surface area contributed by atoms with Gasteiger partial charge in [-0.2, -0.15) is 0 Å². The molecule has 40 heavy (non-hydrogen) atoms. The lowest BCUT2D eigenvalue weighted by Crippen LogP contribution is -2.59. The molecule has 0 saturated carbocycles. The van der Waals surface area contributed by atoms with E-state index in [1.54, 1.807) is 0 Å². The molecule has 0 unspecified atom stereocenters. The highest BCUT2D eigenvalue weighted by Gasteiger charge is 2.46. The van der Waals surface area contributed by atoms with Crippen LogP contribution < -0.4 is 0 Å². The van der Waals surface area contributed by atoms with E-state index in [-0.39, 0.29) is 23.4 Å². The Kier molecular flexibility index (Phi) is 8.03. The number of carbonyl (C=O) groups is 2. The number of nitrogens with zero attached hydrogens (tertiary/aromatic N) is 3. The molecule has 2 aromatic carbocycles. The van der Waals surface area contributed by atoms with Crippen LogP contribution in [0.4, 0.5) is 8.78 Å². The van der Waals surface area contributed by atoms with Crippen LogP contribution in [0.2, 0.25) is 0 Å². The summed E-state index contributed by atoms with van der Waals surface area (Å²) in [5, 5.41) is 10.1. The Balaban J connectivity index is 1.31. The summed E-state index contributed by atoms with van der Waals surface area (Å²) in [4.78, 5) is 32.4. The molecular formula is C32H41F2N3O3. The highest BCUT2D eigenvalue weighted by molar-refractivity contribution is 5.81. The molecule has 0 spiro atoms. The molecule has 6 nitrogen and oxygen atoms in total. The second-order valence-corrected chi connectivity index (χ2v) is 12.8. The van der Waals surface area contributed by atoms with Crippen LogP contribution >= 0.6 is 0 Å². The fourth-order valence-electron chi connectivity index (χ4n) is 6.88. The van der Waals surface area contributed by atoms with Gasteiger partial charge >= 0.3 is 5.97 Å². The van der Waals surface area contributed by atoms with E-state index in [9.17, 15) is 23.5 Å². The monoisotopic (exact) mass is 553 g/mol. The molecule has 2 heterocycles. The van der Waals surface area contributed by atoms with E-state index < -0.39 is 29.6 Å². The van der Waals surface area contributed by atoms with Crippen LogP contribution in [0.3, 0.4) is 0 Å². The van der Waals surface area contributed by atoms with Crippen molar-refractivity contribution in [2.45, 2.75) is 76.9 Å². The first-order chi connectivity index (χ1) is 18.9. The average Bonchev–Trinajstić information content (AvgIpc) is 3.54. The number of hydrogen-bond donors (Lipinski definition) is 1. The third-order valence-electron chi connectivity index (χ3n) is 9.21. The van der Waals surface area contributed by atoms with E-state index in [2.05, 4.69) is 43.9 Å². The van der Waals surface area contributed by atoms with Gasteiger partial charge in [0.2, 0.25) is 5.91 Å². The largest absolute Gasteiger partial charge is 0.480 e. The molecular weight excluding hydrogens is 512 g/mol. The van der Waals surface area contributed by atoms with Crippen molar-refractivity contribution in [1.29, 1.82) is 0 Å². The Labute approximate surface area is 235 Å². The molecule has 5 rings (SSSR count). The standard InChI is InChI=1S/C32H41F2N3O3/c1-20-17-35(29(31(39)40)15-21-8-9-22-6-5-7-23(22)14-21)12-13-37(20)30(38)27-19-36(32(2,3)4)18-26(27)25-11-10-24(33)16-28(25)34/h8-11,14,16,20,26-27,29H,5-7,12-13,15,17-19H2,1-4H3,(H,39,40)/t20-,26-,27+,29-/m0/s1. The van der Waals surface area contributed by atoms with Gasteiger partial charge in [0.05, 0.1) is 5.92 Å². The molecule has 4 atom stereocenters. The number of aliphatic carboxylic acids is 1. The first kappa shape index (κ1) is 28.7. The van der Waals surface area contributed by atoms with Gasteiger partial charge in [0.1, 0.15) is 17.7 Å². The highest BCUT2D eigenvalue weighted by Crippen LogP contribution is 2.39. The van der Waals surface area contributed by atoms with E-state index in [4.69, 9.17) is 0 Å². The smallest absolute Gasteiger partial charge is 0.321 e. The van der Waals surface area contributed by atoms with Crippen LogP contribution in [0.5, 0.6) is 0 Å². The van der Waals surface area contributed by atoms with Gasteiger partial charge in [0, 0.05) is 56.3 Å². The van der Waals surface area contributed by atoms with E-state index >= 15 is 0 Å². The normalized spacial score (nSPS) is 24.8. The molecule has 2 fully saturated rings. The number of likely N-dealkylation sites (tertiary alicyclic amines) is 1. The molecule has 1 amide bonds. The van der Waals surface area contributed by atoms with E-state index in [1.807, 2.05) is 16.7 Å². The van der Waals surface area contributed by atoms with Crippen molar-refractivity contribution < 1.29 is 23.5 Å². The van der Waals surface area contributed by atoms with E-state index in [1.165, 1.54) is 23.3 Å². The summed E-state index contributed by atoms with van der Waals surface area (Å²) in [6, 6.07) is 9.13. The number of aryl methyl sites for hydroxylation is 2. The Bertz CT molecular complexity index is 1280. The minimum Gasteiger partial charge on any atom is -0.480 e. The maximum atomic E-state index is 14.9. The second-order valence-electron chi connectivity index (χ2n) is 12.8. The predicted molar refractivity (Wildman–Crippen MR) is 150 cm³/mol. The molecule has 0 aromatic heterocycles. The number of carbonyl (C=O) groups excluding carboxylic acids is 1. The number of carboxylic acids is 1. The van der Waals surface area contributed by atoms with Gasteiger partial charge < -0.3 is 10.0 Å². The fourth-order valence-corrected chi connectivity index (χ4v) is 6.88. The quantitative estimate of drug-likeness (QED) is 0.571. The third-order valence-corrected chi connectivity index (χ3v) is 9.21. The summed E-state index contributed by atoms with van der Waals surface area (Å²) >= 11 is 0. The lowest BCUT2D eigenvalue weighted by molar-refractivity contribution is -0.147. The van der Waals surface area contributed by atoms with Crippen molar-refractivity contribution in [2.24, 2.45) is 5.92 Å². The average molecular weight is 554 g/mol. The maximum Gasteiger partial charge on any atom is 0.321 e. The van der Waals surface area contributed by atoms with Gasteiger partial charge in [0.25, 0.3) is 0 Å². The predicted octanol–water partition coefficient (Wildman–Crippen LogP) is 4.50. The topological polar surface area (TPSA) is 64.1 Å². The number of halogens is 2. The van der Waals surface area contributed by atoms with Gasteiger partial charge in [-0.15, -0.1) is 0 Å². The van der Waals surface area contributed by atoms with Crippen molar-refractivity contribution in [1.82, 2.24) is 14.7 Å². The van der Waals surface area contributed by atoms with Crippen LogP contribution in [0.1, 0.15) is 62.3 Å². The van der Waals surface area contributed by atoms with Gasteiger partial charge in [-0.25, -0.2) is 8.78 Å². The molecule has 3 aliphatic rings. The zero-order chi connectivity index (χ0) is 28.8. The molecule has 1 aliphatic carbocycles. The Morgan fingerprint density at radius 3 is 2.42 bits per heavy atom. The lowest BCUT2D eigenvalue weighted by atomic mass is 9.87. The first-order valence-corrected chi connectivity index (χ1v) is 14.5. The molecule has 216 valence electrons. The Hall–Kier alpha value is -2.84. The second kappa shape index (κ2) is 11.2. The zero-order valence-electron chi connectivity index (χ0n) is 24.0. The minimum absolute atomic E-state index is 0.0434. The number of amides is 1. The molecule has 2 aliphatic heterocycles. The third kappa shape index (κ3) is 5.79. The lowest BCUT2D eigenvalue weighted by Gasteiger charge is -2.43. The number of hydrogen-bond acceptors (Lipinski definition) is 4. The Morgan fingerprint density at radius 1 is 1.00 bits per heavy atom.